The zero-order valence-electron chi connectivity index (χ0n) is 11.4. The number of hydrogen-bond donors (Lipinski definition) is 1. The molecule has 1 atom stereocenters. The number of carbonyl (C=O) groups is 1. The number of nitrogens with zero attached hydrogens (tertiary/aromatic N) is 2. The fourth-order valence-electron chi connectivity index (χ4n) is 2.30. The summed E-state index contributed by atoms with van der Waals surface area (Å²) >= 11 is 0. The molecule has 1 aliphatic rings. The van der Waals surface area contributed by atoms with Gasteiger partial charge in [-0.3, -0.25) is 9.48 Å². The Kier molecular flexibility index (Phi) is 3.66. The highest BCUT2D eigenvalue weighted by Gasteiger charge is 2.29. The Labute approximate surface area is 113 Å². The highest BCUT2D eigenvalue weighted by molar-refractivity contribution is 7.91. The number of sulfone groups is 1. The zero-order chi connectivity index (χ0) is 14.2. The van der Waals surface area contributed by atoms with Crippen LogP contribution in [0.25, 0.3) is 0 Å². The lowest BCUT2D eigenvalue weighted by Crippen LogP contribution is -2.35. The summed E-state index contributed by atoms with van der Waals surface area (Å²) in [5.41, 5.74) is 1.32. The van der Waals surface area contributed by atoms with Gasteiger partial charge in [-0.05, 0) is 18.4 Å². The topological polar surface area (TPSA) is 81.1 Å². The lowest BCUT2D eigenvalue weighted by Gasteiger charge is -2.08. The molecule has 6 nitrogen and oxygen atoms in total. The lowest BCUT2D eigenvalue weighted by molar-refractivity contribution is 0.0935. The molecule has 1 N–H and O–H groups in total. The van der Waals surface area contributed by atoms with E-state index < -0.39 is 9.84 Å². The van der Waals surface area contributed by atoms with Gasteiger partial charge in [-0.1, -0.05) is 13.8 Å². The van der Waals surface area contributed by atoms with Crippen molar-refractivity contribution in [1.29, 1.82) is 0 Å². The van der Waals surface area contributed by atoms with Crippen LogP contribution in [-0.4, -0.2) is 41.7 Å². The molecule has 0 spiro atoms. The van der Waals surface area contributed by atoms with Crippen molar-refractivity contribution in [3.05, 3.63) is 17.5 Å². The summed E-state index contributed by atoms with van der Waals surface area (Å²) in [4.78, 5) is 12.0. The van der Waals surface area contributed by atoms with Gasteiger partial charge in [0.15, 0.2) is 9.84 Å². The van der Waals surface area contributed by atoms with Crippen LogP contribution in [-0.2, 0) is 16.9 Å². The van der Waals surface area contributed by atoms with Gasteiger partial charge in [-0.25, -0.2) is 8.42 Å². The highest BCUT2D eigenvalue weighted by atomic mass is 32.2. The van der Waals surface area contributed by atoms with Crippen molar-refractivity contribution in [1.82, 2.24) is 15.1 Å². The summed E-state index contributed by atoms with van der Waals surface area (Å²) in [6, 6.07) is 1.46. The maximum absolute atomic E-state index is 12.0. The van der Waals surface area contributed by atoms with Crippen molar-refractivity contribution in [3.63, 3.8) is 0 Å². The van der Waals surface area contributed by atoms with Crippen LogP contribution >= 0.6 is 0 Å². The minimum absolute atomic E-state index is 0.0304. The van der Waals surface area contributed by atoms with E-state index in [2.05, 4.69) is 10.4 Å². The monoisotopic (exact) mass is 285 g/mol. The van der Waals surface area contributed by atoms with Gasteiger partial charge in [0.2, 0.25) is 0 Å². The summed E-state index contributed by atoms with van der Waals surface area (Å²) < 4.78 is 24.4. The summed E-state index contributed by atoms with van der Waals surface area (Å²) in [5, 5.41) is 6.90. The molecule has 2 rings (SSSR count). The summed E-state index contributed by atoms with van der Waals surface area (Å²) in [7, 11) is -1.18. The van der Waals surface area contributed by atoms with Crippen molar-refractivity contribution in [2.24, 2.45) is 7.05 Å². The van der Waals surface area contributed by atoms with Gasteiger partial charge in [0.05, 0.1) is 11.5 Å². The number of amides is 1. The molecule has 0 bridgehead atoms. The molecule has 1 fully saturated rings. The van der Waals surface area contributed by atoms with E-state index in [9.17, 15) is 13.2 Å². The smallest absolute Gasteiger partial charge is 0.272 e. The van der Waals surface area contributed by atoms with Crippen LogP contribution in [0.5, 0.6) is 0 Å². The second kappa shape index (κ2) is 4.96. The van der Waals surface area contributed by atoms with Crippen molar-refractivity contribution in [3.8, 4) is 0 Å². The van der Waals surface area contributed by atoms with Gasteiger partial charge in [-0.2, -0.15) is 5.10 Å². The normalized spacial score (nSPS) is 21.8. The van der Waals surface area contributed by atoms with Crippen LogP contribution < -0.4 is 5.32 Å². The minimum atomic E-state index is -2.98. The Bertz CT molecular complexity index is 589. The summed E-state index contributed by atoms with van der Waals surface area (Å²) in [6.07, 6.45) is 0.484. The zero-order valence-corrected chi connectivity index (χ0v) is 12.2. The van der Waals surface area contributed by atoms with E-state index in [1.807, 2.05) is 13.8 Å². The van der Waals surface area contributed by atoms with Gasteiger partial charge >= 0.3 is 0 Å². The SMILES string of the molecule is CC(C)c1cc(C(=O)NC2CCS(=O)(=O)C2)nn1C. The molecule has 2 heterocycles. The largest absolute Gasteiger partial charge is 0.347 e. The van der Waals surface area contributed by atoms with E-state index in [1.54, 1.807) is 17.8 Å². The highest BCUT2D eigenvalue weighted by Crippen LogP contribution is 2.16. The first-order chi connectivity index (χ1) is 8.78. The Hall–Kier alpha value is -1.37. The van der Waals surface area contributed by atoms with E-state index in [4.69, 9.17) is 0 Å². The number of nitrogens with one attached hydrogen (secondary N) is 1. The van der Waals surface area contributed by atoms with Crippen molar-refractivity contribution in [2.45, 2.75) is 32.2 Å². The average molecular weight is 285 g/mol. The van der Waals surface area contributed by atoms with E-state index in [0.717, 1.165) is 5.69 Å². The molecule has 1 saturated heterocycles. The molecule has 1 unspecified atom stereocenters. The van der Waals surface area contributed by atoms with E-state index >= 15 is 0 Å². The van der Waals surface area contributed by atoms with Crippen molar-refractivity contribution in [2.75, 3.05) is 11.5 Å². The summed E-state index contributed by atoms with van der Waals surface area (Å²) in [6.45, 7) is 4.06. The third kappa shape index (κ3) is 3.15. The maximum atomic E-state index is 12.0. The molecule has 1 amide bonds. The van der Waals surface area contributed by atoms with Crippen LogP contribution in [0.2, 0.25) is 0 Å². The van der Waals surface area contributed by atoms with E-state index in [1.165, 1.54) is 0 Å². The number of hydrogen-bond acceptors (Lipinski definition) is 4. The molecule has 0 aliphatic carbocycles. The van der Waals surface area contributed by atoms with Crippen LogP contribution in [0.3, 0.4) is 0 Å². The van der Waals surface area contributed by atoms with Crippen LogP contribution in [0.4, 0.5) is 0 Å². The molecule has 1 aliphatic heterocycles. The van der Waals surface area contributed by atoms with Crippen LogP contribution in [0.15, 0.2) is 6.07 Å². The van der Waals surface area contributed by atoms with Crippen molar-refractivity contribution >= 4 is 15.7 Å². The van der Waals surface area contributed by atoms with Crippen LogP contribution in [0, 0.1) is 0 Å². The quantitative estimate of drug-likeness (QED) is 0.875. The standard InChI is InChI=1S/C12H19N3O3S/c1-8(2)11-6-10(14-15(11)3)12(16)13-9-4-5-19(17,18)7-9/h6,8-9H,4-5,7H2,1-3H3,(H,13,16). The first kappa shape index (κ1) is 14.0. The molecule has 0 aromatic carbocycles. The molecule has 1 aromatic heterocycles. The van der Waals surface area contributed by atoms with Gasteiger partial charge in [0, 0.05) is 18.8 Å². The molecule has 0 radical (unpaired) electrons. The predicted molar refractivity (Wildman–Crippen MR) is 71.8 cm³/mol. The third-order valence-electron chi connectivity index (χ3n) is 3.31. The average Bonchev–Trinajstić information content (AvgIpc) is 2.82. The third-order valence-corrected chi connectivity index (χ3v) is 5.08. The predicted octanol–water partition coefficient (Wildman–Crippen LogP) is 0.460. The molecular weight excluding hydrogens is 266 g/mol. The molecule has 106 valence electrons. The van der Waals surface area contributed by atoms with Gasteiger partial charge in [-0.15, -0.1) is 0 Å². The molecule has 19 heavy (non-hydrogen) atoms. The van der Waals surface area contributed by atoms with E-state index in [-0.39, 0.29) is 29.4 Å². The Morgan fingerprint density at radius 2 is 2.21 bits per heavy atom. The summed E-state index contributed by atoms with van der Waals surface area (Å²) in [5.74, 6) is 0.163. The van der Waals surface area contributed by atoms with Gasteiger partial charge in [0.1, 0.15) is 5.69 Å². The van der Waals surface area contributed by atoms with E-state index in [0.29, 0.717) is 12.1 Å². The van der Waals surface area contributed by atoms with Crippen LogP contribution in [0.1, 0.15) is 42.4 Å². The Balaban J connectivity index is 2.07. The Morgan fingerprint density at radius 1 is 1.53 bits per heavy atom. The van der Waals surface area contributed by atoms with Gasteiger partial charge in [0.25, 0.3) is 5.91 Å². The molecular formula is C12H19N3O3S. The number of rotatable bonds is 3. The molecule has 7 heteroatoms. The van der Waals surface area contributed by atoms with Crippen molar-refractivity contribution < 1.29 is 13.2 Å². The fourth-order valence-corrected chi connectivity index (χ4v) is 3.97. The lowest BCUT2D eigenvalue weighted by atomic mass is 10.1. The molecule has 0 saturated carbocycles. The van der Waals surface area contributed by atoms with Gasteiger partial charge < -0.3 is 5.32 Å². The number of carbonyl (C=O) groups excluding carboxylic acids is 1. The Morgan fingerprint density at radius 3 is 2.68 bits per heavy atom. The molecule has 1 aromatic rings. The number of aromatic nitrogens is 2. The second-order valence-electron chi connectivity index (χ2n) is 5.31. The fraction of sp³-hybridized carbons (Fsp3) is 0.667. The maximum Gasteiger partial charge on any atom is 0.272 e. The minimum Gasteiger partial charge on any atom is -0.347 e. The first-order valence-corrected chi connectivity index (χ1v) is 8.16. The second-order valence-corrected chi connectivity index (χ2v) is 7.53. The first-order valence-electron chi connectivity index (χ1n) is 6.34. The number of aryl methyl sites for hydroxylation is 1.